The molecule has 0 saturated heterocycles. The Labute approximate surface area is 163 Å². The van der Waals surface area contributed by atoms with Crippen molar-refractivity contribution in [3.8, 4) is 11.1 Å². The van der Waals surface area contributed by atoms with Crippen molar-refractivity contribution < 1.29 is 4.39 Å². The molecule has 6 rings (SSSR count). The summed E-state index contributed by atoms with van der Waals surface area (Å²) < 4.78 is 16.0. The SMILES string of the molecule is Cn1ncc2c(C3CC3)cc3c(-c4ccc(F)c5[nH]ncc45)c(N)c(=O)[nH]c3c21. The molecular weight excluding hydrogens is 371 g/mol. The molecule has 0 aliphatic heterocycles. The number of nitrogens with one attached hydrogen (secondary N) is 2. The number of nitrogens with zero attached hydrogens (tertiary/aromatic N) is 3. The highest BCUT2D eigenvalue weighted by atomic mass is 19.1. The Morgan fingerprint density at radius 1 is 1.17 bits per heavy atom. The summed E-state index contributed by atoms with van der Waals surface area (Å²) in [5.41, 5.74) is 10.3. The van der Waals surface area contributed by atoms with Gasteiger partial charge >= 0.3 is 0 Å². The first kappa shape index (κ1) is 16.3. The van der Waals surface area contributed by atoms with Gasteiger partial charge in [0, 0.05) is 28.8 Å². The number of nitrogens with two attached hydrogens (primary N) is 1. The lowest BCUT2D eigenvalue weighted by Gasteiger charge is -2.14. The van der Waals surface area contributed by atoms with Crippen molar-refractivity contribution >= 4 is 38.4 Å². The van der Waals surface area contributed by atoms with E-state index in [2.05, 4.69) is 26.3 Å². The fraction of sp³-hybridized carbons (Fsp3) is 0.190. The van der Waals surface area contributed by atoms with Crippen LogP contribution in [0.4, 0.5) is 10.1 Å². The molecule has 1 aliphatic carbocycles. The normalized spacial score (nSPS) is 14.4. The Balaban J connectivity index is 1.84. The van der Waals surface area contributed by atoms with E-state index < -0.39 is 5.82 Å². The van der Waals surface area contributed by atoms with Gasteiger partial charge in [0.05, 0.1) is 23.4 Å². The molecule has 0 bridgehead atoms. The van der Waals surface area contributed by atoms with E-state index in [9.17, 15) is 9.18 Å². The number of pyridine rings is 1. The third kappa shape index (κ3) is 2.14. The molecule has 7 nitrogen and oxygen atoms in total. The molecule has 1 saturated carbocycles. The number of hydrogen-bond acceptors (Lipinski definition) is 4. The van der Waals surface area contributed by atoms with E-state index in [1.807, 2.05) is 13.2 Å². The highest BCUT2D eigenvalue weighted by Crippen LogP contribution is 2.46. The third-order valence-electron chi connectivity index (χ3n) is 5.93. The molecule has 29 heavy (non-hydrogen) atoms. The molecule has 0 spiro atoms. The van der Waals surface area contributed by atoms with Gasteiger partial charge in [0.25, 0.3) is 5.56 Å². The van der Waals surface area contributed by atoms with Crippen LogP contribution >= 0.6 is 0 Å². The monoisotopic (exact) mass is 388 g/mol. The molecule has 1 fully saturated rings. The van der Waals surface area contributed by atoms with E-state index in [1.165, 1.54) is 11.6 Å². The Morgan fingerprint density at radius 3 is 2.79 bits per heavy atom. The van der Waals surface area contributed by atoms with Gasteiger partial charge in [0.2, 0.25) is 0 Å². The van der Waals surface area contributed by atoms with Crippen LogP contribution in [0.1, 0.15) is 24.3 Å². The predicted molar refractivity (Wildman–Crippen MR) is 110 cm³/mol. The van der Waals surface area contributed by atoms with E-state index in [0.29, 0.717) is 33.5 Å². The van der Waals surface area contributed by atoms with Crippen LogP contribution in [0.5, 0.6) is 0 Å². The number of aromatic nitrogens is 5. The first-order valence-electron chi connectivity index (χ1n) is 9.46. The molecular formula is C21H17FN6O. The highest BCUT2D eigenvalue weighted by Gasteiger charge is 2.29. The molecule has 4 N–H and O–H groups in total. The molecule has 3 aromatic heterocycles. The van der Waals surface area contributed by atoms with E-state index in [1.54, 1.807) is 16.9 Å². The van der Waals surface area contributed by atoms with Crippen molar-refractivity contribution in [3.63, 3.8) is 0 Å². The van der Waals surface area contributed by atoms with Crippen LogP contribution in [-0.4, -0.2) is 25.0 Å². The molecule has 0 unspecified atom stereocenters. The quantitative estimate of drug-likeness (QED) is 0.430. The van der Waals surface area contributed by atoms with Gasteiger partial charge in [0.1, 0.15) is 17.0 Å². The lowest BCUT2D eigenvalue weighted by Crippen LogP contribution is -2.14. The summed E-state index contributed by atoms with van der Waals surface area (Å²) in [4.78, 5) is 15.7. The minimum atomic E-state index is -0.401. The van der Waals surface area contributed by atoms with Gasteiger partial charge in [-0.2, -0.15) is 10.2 Å². The third-order valence-corrected chi connectivity index (χ3v) is 5.93. The molecule has 8 heteroatoms. The minimum Gasteiger partial charge on any atom is -0.394 e. The summed E-state index contributed by atoms with van der Waals surface area (Å²) in [6, 6.07) is 5.13. The van der Waals surface area contributed by atoms with Gasteiger partial charge in [-0.1, -0.05) is 6.07 Å². The second kappa shape index (κ2) is 5.44. The number of rotatable bonds is 2. The number of anilines is 1. The fourth-order valence-corrected chi connectivity index (χ4v) is 4.38. The summed E-state index contributed by atoms with van der Waals surface area (Å²) in [7, 11) is 1.86. The van der Waals surface area contributed by atoms with Crippen LogP contribution in [0.15, 0.2) is 35.4 Å². The van der Waals surface area contributed by atoms with Crippen LogP contribution in [0.25, 0.3) is 43.8 Å². The van der Waals surface area contributed by atoms with E-state index in [-0.39, 0.29) is 11.2 Å². The Bertz CT molecular complexity index is 1520. The molecule has 3 heterocycles. The first-order chi connectivity index (χ1) is 14.0. The zero-order chi connectivity index (χ0) is 19.9. The lowest BCUT2D eigenvalue weighted by atomic mass is 9.93. The van der Waals surface area contributed by atoms with E-state index >= 15 is 0 Å². The van der Waals surface area contributed by atoms with Gasteiger partial charge in [-0.25, -0.2) is 4.39 Å². The Kier molecular flexibility index (Phi) is 3.05. The summed E-state index contributed by atoms with van der Waals surface area (Å²) in [5.74, 6) is 0.0796. The number of benzene rings is 2. The van der Waals surface area contributed by atoms with Crippen LogP contribution in [0, 0.1) is 5.82 Å². The molecule has 144 valence electrons. The Morgan fingerprint density at radius 2 is 2.00 bits per heavy atom. The number of H-pyrrole nitrogens is 2. The average molecular weight is 388 g/mol. The summed E-state index contributed by atoms with van der Waals surface area (Å²) >= 11 is 0. The molecule has 5 aromatic rings. The maximum Gasteiger partial charge on any atom is 0.272 e. The van der Waals surface area contributed by atoms with Crippen molar-refractivity contribution in [2.45, 2.75) is 18.8 Å². The maximum atomic E-state index is 14.2. The maximum absolute atomic E-state index is 14.2. The molecule has 1 aliphatic rings. The molecule has 0 atom stereocenters. The van der Waals surface area contributed by atoms with Crippen LogP contribution < -0.4 is 11.3 Å². The average Bonchev–Trinajstić information content (AvgIpc) is 3.29. The minimum absolute atomic E-state index is 0.106. The zero-order valence-electron chi connectivity index (χ0n) is 15.6. The first-order valence-corrected chi connectivity index (χ1v) is 9.46. The fourth-order valence-electron chi connectivity index (χ4n) is 4.38. The summed E-state index contributed by atoms with van der Waals surface area (Å²) in [5, 5.41) is 13.6. The van der Waals surface area contributed by atoms with Crippen molar-refractivity contribution in [1.29, 1.82) is 0 Å². The Hall–Kier alpha value is -3.68. The van der Waals surface area contributed by atoms with Crippen molar-refractivity contribution in [2.75, 3.05) is 5.73 Å². The molecule has 2 aromatic carbocycles. The van der Waals surface area contributed by atoms with Gasteiger partial charge in [0.15, 0.2) is 0 Å². The van der Waals surface area contributed by atoms with E-state index in [0.717, 1.165) is 29.1 Å². The zero-order valence-corrected chi connectivity index (χ0v) is 15.6. The van der Waals surface area contributed by atoms with Crippen molar-refractivity contribution in [2.24, 2.45) is 7.05 Å². The summed E-state index contributed by atoms with van der Waals surface area (Å²) in [6.45, 7) is 0. The second-order valence-electron chi connectivity index (χ2n) is 7.69. The standard InChI is InChI=1S/C21H17FN6O/c1-28-20-14(8-25-28)11(9-2-3-9)6-12-16(17(23)21(29)26-19(12)20)10-4-5-15(22)18-13(10)7-24-27-18/h4-9H,2-3,23H2,1H3,(H,24,27)(H,26,29). The van der Waals surface area contributed by atoms with Gasteiger partial charge in [-0.15, -0.1) is 0 Å². The number of halogens is 1. The van der Waals surface area contributed by atoms with Crippen LogP contribution in [0.2, 0.25) is 0 Å². The number of nitrogen functional groups attached to an aromatic ring is 1. The van der Waals surface area contributed by atoms with Gasteiger partial charge < -0.3 is 10.7 Å². The van der Waals surface area contributed by atoms with E-state index in [4.69, 9.17) is 5.73 Å². The summed E-state index contributed by atoms with van der Waals surface area (Å²) in [6.07, 6.45) is 5.67. The largest absolute Gasteiger partial charge is 0.394 e. The van der Waals surface area contributed by atoms with Gasteiger partial charge in [-0.05, 0) is 42.0 Å². The van der Waals surface area contributed by atoms with Crippen LogP contribution in [0.3, 0.4) is 0 Å². The highest BCUT2D eigenvalue weighted by molar-refractivity contribution is 6.14. The molecule has 0 amide bonds. The smallest absolute Gasteiger partial charge is 0.272 e. The topological polar surface area (TPSA) is 105 Å². The number of hydrogen-bond donors (Lipinski definition) is 3. The van der Waals surface area contributed by atoms with Crippen LogP contribution in [-0.2, 0) is 7.05 Å². The number of fused-ring (bicyclic) bond motifs is 4. The van der Waals surface area contributed by atoms with Crippen molar-refractivity contribution in [1.82, 2.24) is 25.0 Å². The van der Waals surface area contributed by atoms with Gasteiger partial charge in [-0.3, -0.25) is 14.6 Å². The van der Waals surface area contributed by atoms with Crippen molar-refractivity contribution in [3.05, 3.63) is 52.3 Å². The predicted octanol–water partition coefficient (Wildman–Crippen LogP) is 3.56. The second-order valence-corrected chi connectivity index (χ2v) is 7.69. The lowest BCUT2D eigenvalue weighted by molar-refractivity contribution is 0.636. The number of aryl methyl sites for hydroxylation is 1. The molecule has 0 radical (unpaired) electrons. The number of aromatic amines is 2.